The second-order valence-corrected chi connectivity index (χ2v) is 5.39. The van der Waals surface area contributed by atoms with Gasteiger partial charge in [0.05, 0.1) is 18.4 Å². The van der Waals surface area contributed by atoms with Gasteiger partial charge in [0.2, 0.25) is 0 Å². The summed E-state index contributed by atoms with van der Waals surface area (Å²) in [6.45, 7) is 2.07. The molecule has 0 aliphatic carbocycles. The van der Waals surface area contributed by atoms with Crippen molar-refractivity contribution in [2.24, 2.45) is 5.10 Å². The highest BCUT2D eigenvalue weighted by atomic mass is 19.4. The van der Waals surface area contributed by atoms with E-state index in [9.17, 15) is 27.9 Å². The largest absolute Gasteiger partial charge is 0.504 e. The Morgan fingerprint density at radius 2 is 1.93 bits per heavy atom. The summed E-state index contributed by atoms with van der Waals surface area (Å²) in [6.07, 6.45) is -3.37. The zero-order chi connectivity index (χ0) is 20.7. The van der Waals surface area contributed by atoms with Gasteiger partial charge in [0.25, 0.3) is 0 Å². The molecule has 2 aromatic carbocycles. The second kappa shape index (κ2) is 8.89. The van der Waals surface area contributed by atoms with E-state index in [-0.39, 0.29) is 17.2 Å². The van der Waals surface area contributed by atoms with Crippen molar-refractivity contribution in [3.8, 4) is 11.5 Å². The molecule has 0 atom stereocenters. The van der Waals surface area contributed by atoms with Crippen LogP contribution < -0.4 is 15.5 Å². The molecule has 0 fully saturated rings. The van der Waals surface area contributed by atoms with Gasteiger partial charge in [-0.05, 0) is 48.9 Å². The van der Waals surface area contributed by atoms with Gasteiger partial charge in [0, 0.05) is 5.69 Å². The fourth-order valence-electron chi connectivity index (χ4n) is 2.06. The lowest BCUT2D eigenvalue weighted by Crippen LogP contribution is -2.32. The molecule has 0 bridgehead atoms. The minimum atomic E-state index is -4.57. The van der Waals surface area contributed by atoms with E-state index in [0.29, 0.717) is 18.2 Å². The monoisotopic (exact) mass is 395 g/mol. The first-order chi connectivity index (χ1) is 13.2. The number of hydrazone groups is 1. The number of rotatable bonds is 5. The molecule has 0 radical (unpaired) electrons. The third-order valence-electron chi connectivity index (χ3n) is 3.32. The number of nitrogens with one attached hydrogen (secondary N) is 2. The summed E-state index contributed by atoms with van der Waals surface area (Å²) in [7, 11) is 0. The van der Waals surface area contributed by atoms with Crippen LogP contribution in [0.5, 0.6) is 11.5 Å². The Labute approximate surface area is 157 Å². The second-order valence-electron chi connectivity index (χ2n) is 5.39. The lowest BCUT2D eigenvalue weighted by molar-refractivity contribution is -0.137. The summed E-state index contributed by atoms with van der Waals surface area (Å²) in [4.78, 5) is 23.5. The van der Waals surface area contributed by atoms with E-state index >= 15 is 0 Å². The predicted molar refractivity (Wildman–Crippen MR) is 95.1 cm³/mol. The number of aromatic hydroxyl groups is 1. The molecule has 28 heavy (non-hydrogen) atoms. The van der Waals surface area contributed by atoms with Crippen LogP contribution >= 0.6 is 0 Å². The number of anilines is 1. The van der Waals surface area contributed by atoms with Gasteiger partial charge in [-0.1, -0.05) is 6.07 Å². The molecule has 0 saturated carbocycles. The lowest BCUT2D eigenvalue weighted by atomic mass is 10.2. The maximum Gasteiger partial charge on any atom is 0.416 e. The molecule has 0 unspecified atom stereocenters. The third kappa shape index (κ3) is 5.73. The Bertz CT molecular complexity index is 898. The van der Waals surface area contributed by atoms with Crippen molar-refractivity contribution >= 4 is 23.7 Å². The summed E-state index contributed by atoms with van der Waals surface area (Å²) in [5.41, 5.74) is 1.29. The Hall–Kier alpha value is -3.56. The van der Waals surface area contributed by atoms with Crippen molar-refractivity contribution in [3.05, 3.63) is 53.6 Å². The molecular formula is C18H16F3N3O4. The first-order valence-corrected chi connectivity index (χ1v) is 7.98. The molecule has 0 heterocycles. The molecule has 0 saturated heterocycles. The molecule has 148 valence electrons. The van der Waals surface area contributed by atoms with Crippen LogP contribution in [0.4, 0.5) is 18.9 Å². The Balaban J connectivity index is 1.97. The number of carbonyl (C=O) groups excluding carboxylic acids is 2. The average Bonchev–Trinajstić information content (AvgIpc) is 2.64. The van der Waals surface area contributed by atoms with Gasteiger partial charge in [-0.2, -0.15) is 18.3 Å². The summed E-state index contributed by atoms with van der Waals surface area (Å²) < 4.78 is 43.2. The summed E-state index contributed by atoms with van der Waals surface area (Å²) in [5, 5.41) is 15.2. The van der Waals surface area contributed by atoms with Crippen LogP contribution in [0.1, 0.15) is 18.1 Å². The number of hydrogen-bond donors (Lipinski definition) is 3. The number of nitrogens with zero attached hydrogens (tertiary/aromatic N) is 1. The molecule has 10 heteroatoms. The van der Waals surface area contributed by atoms with Crippen molar-refractivity contribution in [2.75, 3.05) is 11.9 Å². The van der Waals surface area contributed by atoms with Gasteiger partial charge >= 0.3 is 18.0 Å². The van der Waals surface area contributed by atoms with E-state index in [4.69, 9.17) is 4.74 Å². The quantitative estimate of drug-likeness (QED) is 0.412. The fraction of sp³-hybridized carbons (Fsp3) is 0.167. The number of benzene rings is 2. The predicted octanol–water partition coefficient (Wildman–Crippen LogP) is 2.90. The van der Waals surface area contributed by atoms with E-state index in [1.807, 2.05) is 5.43 Å². The smallest absolute Gasteiger partial charge is 0.416 e. The van der Waals surface area contributed by atoms with Crippen LogP contribution in [-0.2, 0) is 15.8 Å². The van der Waals surface area contributed by atoms with E-state index in [1.54, 1.807) is 6.92 Å². The van der Waals surface area contributed by atoms with Gasteiger partial charge in [0.15, 0.2) is 11.5 Å². The highest BCUT2D eigenvalue weighted by molar-refractivity contribution is 6.39. The van der Waals surface area contributed by atoms with Crippen LogP contribution in [0, 0.1) is 0 Å². The molecule has 2 amide bonds. The minimum absolute atomic E-state index is 0.0662. The Morgan fingerprint density at radius 3 is 2.61 bits per heavy atom. The van der Waals surface area contributed by atoms with Crippen molar-refractivity contribution < 1.29 is 32.6 Å². The first-order valence-electron chi connectivity index (χ1n) is 7.98. The zero-order valence-corrected chi connectivity index (χ0v) is 14.6. The van der Waals surface area contributed by atoms with Gasteiger partial charge in [-0.15, -0.1) is 0 Å². The highest BCUT2D eigenvalue weighted by Gasteiger charge is 2.30. The van der Waals surface area contributed by atoms with E-state index in [0.717, 1.165) is 12.1 Å². The molecule has 3 N–H and O–H groups in total. The zero-order valence-electron chi connectivity index (χ0n) is 14.6. The summed E-state index contributed by atoms with van der Waals surface area (Å²) in [6, 6.07) is 8.21. The number of ether oxygens (including phenoxy) is 1. The van der Waals surface area contributed by atoms with E-state index in [1.165, 1.54) is 30.5 Å². The molecule has 0 aliphatic heterocycles. The first kappa shape index (κ1) is 20.7. The number of halogens is 3. The molecule has 2 aromatic rings. The molecule has 7 nitrogen and oxygen atoms in total. The number of phenolic OH excluding ortho intramolecular Hbond substituents is 1. The van der Waals surface area contributed by atoms with Crippen molar-refractivity contribution in [2.45, 2.75) is 13.1 Å². The van der Waals surface area contributed by atoms with Crippen LogP contribution in [0.2, 0.25) is 0 Å². The normalized spacial score (nSPS) is 11.3. The number of carbonyl (C=O) groups is 2. The van der Waals surface area contributed by atoms with Crippen LogP contribution in [0.3, 0.4) is 0 Å². The number of alkyl halides is 3. The molecule has 0 aromatic heterocycles. The maximum absolute atomic E-state index is 12.7. The Morgan fingerprint density at radius 1 is 1.18 bits per heavy atom. The molecular weight excluding hydrogens is 379 g/mol. The van der Waals surface area contributed by atoms with Gasteiger partial charge in [0.1, 0.15) is 0 Å². The number of amides is 2. The van der Waals surface area contributed by atoms with E-state index < -0.39 is 23.6 Å². The topological polar surface area (TPSA) is 100 Å². The maximum atomic E-state index is 12.7. The summed E-state index contributed by atoms with van der Waals surface area (Å²) >= 11 is 0. The standard InChI is InChI=1S/C18H16F3N3O4/c1-2-28-15-8-11(6-7-14(15)25)10-22-24-17(27)16(26)23-13-5-3-4-12(9-13)18(19,20)21/h3-10,25H,2H2,1H3,(H,23,26)(H,24,27)/b22-10-. The number of hydrogen-bond acceptors (Lipinski definition) is 5. The SMILES string of the molecule is CCOc1cc(/C=N\NC(=O)C(=O)Nc2cccc(C(F)(F)F)c2)ccc1O. The lowest BCUT2D eigenvalue weighted by Gasteiger charge is -2.09. The van der Waals surface area contributed by atoms with Gasteiger partial charge < -0.3 is 15.2 Å². The third-order valence-corrected chi connectivity index (χ3v) is 3.32. The van der Waals surface area contributed by atoms with Crippen molar-refractivity contribution in [1.29, 1.82) is 0 Å². The number of phenols is 1. The van der Waals surface area contributed by atoms with Crippen LogP contribution in [0.25, 0.3) is 0 Å². The molecule has 0 spiro atoms. The minimum Gasteiger partial charge on any atom is -0.504 e. The van der Waals surface area contributed by atoms with Crippen molar-refractivity contribution in [1.82, 2.24) is 5.43 Å². The Kier molecular flexibility index (Phi) is 6.59. The van der Waals surface area contributed by atoms with Gasteiger partial charge in [-0.25, -0.2) is 5.43 Å². The molecule has 2 rings (SSSR count). The van der Waals surface area contributed by atoms with Crippen LogP contribution in [-0.4, -0.2) is 29.7 Å². The van der Waals surface area contributed by atoms with Crippen LogP contribution in [0.15, 0.2) is 47.6 Å². The highest BCUT2D eigenvalue weighted by Crippen LogP contribution is 2.30. The fourth-order valence-corrected chi connectivity index (χ4v) is 2.06. The van der Waals surface area contributed by atoms with E-state index in [2.05, 4.69) is 10.4 Å². The summed E-state index contributed by atoms with van der Waals surface area (Å²) in [5.74, 6) is -2.20. The average molecular weight is 395 g/mol. The van der Waals surface area contributed by atoms with Gasteiger partial charge in [-0.3, -0.25) is 9.59 Å². The van der Waals surface area contributed by atoms with Crippen molar-refractivity contribution in [3.63, 3.8) is 0 Å². The molecule has 0 aliphatic rings.